The predicted octanol–water partition coefficient (Wildman–Crippen LogP) is 8.69. The molecule has 1 saturated heterocycles. The molecule has 1 fully saturated rings. The Bertz CT molecular complexity index is 1540. The number of nitrogens with zero attached hydrogens (tertiary/aromatic N) is 4. The number of aryl methyl sites for hydroxylation is 1. The molecule has 1 aliphatic heterocycles. The monoisotopic (exact) mass is 622 g/mol. The Labute approximate surface area is 268 Å². The van der Waals surface area contributed by atoms with Crippen molar-refractivity contribution in [3.63, 3.8) is 0 Å². The lowest BCUT2D eigenvalue weighted by Crippen LogP contribution is -2.56. The zero-order valence-corrected chi connectivity index (χ0v) is 26.3. The van der Waals surface area contributed by atoms with Crippen LogP contribution in [0.4, 0.5) is 4.79 Å². The maximum absolute atomic E-state index is 13.8. The fraction of sp³-hybridized carbons (Fsp3) is 0.306. The van der Waals surface area contributed by atoms with E-state index in [4.69, 9.17) is 14.2 Å². The first kappa shape index (κ1) is 32.1. The molecule has 1 amide bonds. The molecule has 232 valence electrons. The molecule has 1 heterocycles. The first-order valence-corrected chi connectivity index (χ1v) is 16.0. The van der Waals surface area contributed by atoms with E-state index in [9.17, 15) is 10.3 Å². The molecule has 0 unspecified atom stereocenters. The number of ether oxygens (including phenoxy) is 3. The van der Waals surface area contributed by atoms with Crippen LogP contribution < -0.4 is 0 Å². The molecule has 0 aromatic heterocycles. The number of rotatable bonds is 12. The van der Waals surface area contributed by atoms with E-state index >= 15 is 0 Å². The van der Waals surface area contributed by atoms with Gasteiger partial charge in [0.15, 0.2) is 0 Å². The quantitative estimate of drug-likeness (QED) is 0.0895. The molecule has 4 aromatic rings. The summed E-state index contributed by atoms with van der Waals surface area (Å²) in [6.07, 6.45) is -0.991. The summed E-state index contributed by atoms with van der Waals surface area (Å²) in [6.45, 7) is 4.85. The Balaban J connectivity index is 1.43. The number of carbonyl (C=O) groups excluding carboxylic acids is 1. The molecule has 0 spiro atoms. The zero-order chi connectivity index (χ0) is 31.4. The molecule has 0 bridgehead atoms. The van der Waals surface area contributed by atoms with Gasteiger partial charge < -0.3 is 14.2 Å². The molecular weight excluding hydrogens is 584 g/mol. The third-order valence-electron chi connectivity index (χ3n) is 7.83. The van der Waals surface area contributed by atoms with E-state index in [-0.39, 0.29) is 6.61 Å². The van der Waals surface area contributed by atoms with Gasteiger partial charge in [-0.25, -0.2) is 4.79 Å². The van der Waals surface area contributed by atoms with Crippen LogP contribution in [0.25, 0.3) is 10.4 Å². The van der Waals surface area contributed by atoms with Crippen molar-refractivity contribution < 1.29 is 19.0 Å². The van der Waals surface area contributed by atoms with Crippen LogP contribution >= 0.6 is 11.8 Å². The third kappa shape index (κ3) is 9.12. The van der Waals surface area contributed by atoms with Crippen molar-refractivity contribution in [2.45, 2.75) is 74.6 Å². The van der Waals surface area contributed by atoms with E-state index < -0.39 is 35.8 Å². The Morgan fingerprint density at radius 2 is 1.49 bits per heavy atom. The first-order valence-electron chi connectivity index (χ1n) is 15.1. The van der Waals surface area contributed by atoms with Gasteiger partial charge in [0.05, 0.1) is 24.8 Å². The lowest BCUT2D eigenvalue weighted by atomic mass is 9.95. The average molecular weight is 623 g/mol. The number of amides is 1. The van der Waals surface area contributed by atoms with Crippen molar-refractivity contribution in [2.24, 2.45) is 5.11 Å². The largest absolute Gasteiger partial charge is 0.445 e. The highest BCUT2D eigenvalue weighted by atomic mass is 32.2. The number of thioether (sulfide) groups is 1. The van der Waals surface area contributed by atoms with Crippen molar-refractivity contribution in [3.05, 3.63) is 148 Å². The predicted molar refractivity (Wildman–Crippen MR) is 176 cm³/mol. The third-order valence-corrected chi connectivity index (χ3v) is 9.03. The van der Waals surface area contributed by atoms with Gasteiger partial charge in [-0.1, -0.05) is 126 Å². The van der Waals surface area contributed by atoms with Gasteiger partial charge >= 0.3 is 6.09 Å². The number of hydrogen-bond donors (Lipinski definition) is 0. The molecule has 0 N–H and O–H groups in total. The SMILES string of the molecule is Cc1ccc(S[C@@H]2O[C@H]([C@H](C)N(Cc3ccccc3)C(=O)OCc3ccccc3)[C@@H](OCc3ccccc3)C[C@H]2N=[N+]=[N-])cc1. The summed E-state index contributed by atoms with van der Waals surface area (Å²) in [6, 6.07) is 36.6. The Kier molecular flexibility index (Phi) is 11.5. The summed E-state index contributed by atoms with van der Waals surface area (Å²) in [7, 11) is 0. The van der Waals surface area contributed by atoms with E-state index in [1.807, 2.05) is 129 Å². The highest BCUT2D eigenvalue weighted by Crippen LogP contribution is 2.38. The second-order valence-electron chi connectivity index (χ2n) is 11.1. The summed E-state index contributed by atoms with van der Waals surface area (Å²) in [4.78, 5) is 19.7. The molecule has 1 aliphatic rings. The van der Waals surface area contributed by atoms with E-state index in [1.54, 1.807) is 4.90 Å². The topological polar surface area (TPSA) is 96.8 Å². The van der Waals surface area contributed by atoms with Gasteiger partial charge in [0.25, 0.3) is 0 Å². The first-order chi connectivity index (χ1) is 22.0. The van der Waals surface area contributed by atoms with Crippen LogP contribution in [0.2, 0.25) is 0 Å². The van der Waals surface area contributed by atoms with Crippen molar-refractivity contribution in [2.75, 3.05) is 0 Å². The van der Waals surface area contributed by atoms with E-state index in [0.717, 1.165) is 27.1 Å². The molecule has 5 atom stereocenters. The maximum Gasteiger partial charge on any atom is 0.410 e. The number of hydrogen-bond acceptors (Lipinski definition) is 6. The van der Waals surface area contributed by atoms with Gasteiger partial charge in [-0.2, -0.15) is 0 Å². The van der Waals surface area contributed by atoms with Crippen molar-refractivity contribution in [1.82, 2.24) is 4.90 Å². The summed E-state index contributed by atoms with van der Waals surface area (Å²) in [5.74, 6) is 0. The fourth-order valence-electron chi connectivity index (χ4n) is 5.34. The standard InChI is InChI=1S/C36H38N4O4S/c1-26-18-20-31(21-19-26)45-35-32(38-39-37)22-33(42-24-29-14-8-4-9-15-29)34(44-35)27(2)40(23-28-12-6-3-7-13-28)36(41)43-25-30-16-10-5-11-17-30/h3-21,27,32-35H,22-25H2,1-2H3/t27-,32+,33-,34+,35-/m0/s1. The van der Waals surface area contributed by atoms with Crippen LogP contribution in [0.15, 0.2) is 125 Å². The smallest absolute Gasteiger partial charge is 0.410 e. The minimum absolute atomic E-state index is 0.155. The Hall–Kier alpha value is -4.27. The maximum atomic E-state index is 13.8. The molecule has 45 heavy (non-hydrogen) atoms. The van der Waals surface area contributed by atoms with Crippen LogP contribution in [0, 0.1) is 6.92 Å². The van der Waals surface area contributed by atoms with Crippen molar-refractivity contribution >= 4 is 17.9 Å². The fourth-order valence-corrected chi connectivity index (χ4v) is 6.41. The molecule has 9 heteroatoms. The van der Waals surface area contributed by atoms with Gasteiger partial charge in [0, 0.05) is 16.4 Å². The van der Waals surface area contributed by atoms with Crippen LogP contribution in [-0.4, -0.2) is 40.7 Å². The normalized spacial score (nSPS) is 20.0. The summed E-state index contributed by atoms with van der Waals surface area (Å²) in [5, 5.41) is 4.14. The highest BCUT2D eigenvalue weighted by Gasteiger charge is 2.44. The lowest BCUT2D eigenvalue weighted by Gasteiger charge is -2.44. The van der Waals surface area contributed by atoms with E-state index in [1.165, 1.54) is 11.8 Å². The van der Waals surface area contributed by atoms with Gasteiger partial charge in [-0.15, -0.1) is 0 Å². The second-order valence-corrected chi connectivity index (χ2v) is 12.3. The van der Waals surface area contributed by atoms with Gasteiger partial charge in [0.2, 0.25) is 0 Å². The second kappa shape index (κ2) is 16.2. The molecular formula is C36H38N4O4S. The van der Waals surface area contributed by atoms with Crippen LogP contribution in [0.3, 0.4) is 0 Å². The summed E-state index contributed by atoms with van der Waals surface area (Å²) < 4.78 is 19.2. The summed E-state index contributed by atoms with van der Waals surface area (Å²) in [5.41, 5.74) is 13.0. The zero-order valence-electron chi connectivity index (χ0n) is 25.5. The Morgan fingerprint density at radius 1 is 0.911 bits per heavy atom. The minimum atomic E-state index is -0.533. The van der Waals surface area contributed by atoms with Gasteiger partial charge in [0.1, 0.15) is 18.1 Å². The molecule has 0 aliphatic carbocycles. The molecule has 8 nitrogen and oxygen atoms in total. The molecule has 4 aromatic carbocycles. The van der Waals surface area contributed by atoms with Crippen LogP contribution in [0.5, 0.6) is 0 Å². The van der Waals surface area contributed by atoms with Gasteiger partial charge in [-0.05, 0) is 54.6 Å². The molecule has 0 saturated carbocycles. The Morgan fingerprint density at radius 3 is 2.09 bits per heavy atom. The molecule has 0 radical (unpaired) electrons. The van der Waals surface area contributed by atoms with Crippen LogP contribution in [-0.2, 0) is 34.0 Å². The number of benzene rings is 4. The van der Waals surface area contributed by atoms with E-state index in [0.29, 0.717) is 19.6 Å². The number of carbonyl (C=O) groups is 1. The van der Waals surface area contributed by atoms with E-state index in [2.05, 4.69) is 10.0 Å². The highest BCUT2D eigenvalue weighted by molar-refractivity contribution is 7.99. The van der Waals surface area contributed by atoms with Crippen LogP contribution in [0.1, 0.15) is 35.6 Å². The average Bonchev–Trinajstić information content (AvgIpc) is 3.08. The minimum Gasteiger partial charge on any atom is -0.445 e. The van der Waals surface area contributed by atoms with Gasteiger partial charge in [-0.3, -0.25) is 4.90 Å². The van der Waals surface area contributed by atoms with Crippen molar-refractivity contribution in [3.8, 4) is 0 Å². The lowest BCUT2D eigenvalue weighted by molar-refractivity contribution is -0.149. The number of azide groups is 1. The van der Waals surface area contributed by atoms with Crippen molar-refractivity contribution in [1.29, 1.82) is 0 Å². The molecule has 5 rings (SSSR count). The summed E-state index contributed by atoms with van der Waals surface area (Å²) >= 11 is 1.51.